The first kappa shape index (κ1) is 15.9. The Hall–Kier alpha value is -2.95. The van der Waals surface area contributed by atoms with Crippen LogP contribution in [0.1, 0.15) is 19.8 Å². The Morgan fingerprint density at radius 3 is 1.62 bits per heavy atom. The number of amides is 2. The van der Waals surface area contributed by atoms with Gasteiger partial charge < -0.3 is 4.79 Å². The van der Waals surface area contributed by atoms with Crippen LogP contribution in [0.3, 0.4) is 0 Å². The van der Waals surface area contributed by atoms with Crippen molar-refractivity contribution < 1.29 is 14.4 Å². The largest absolute Gasteiger partial charge is 0.300 e. The topological polar surface area (TPSA) is 57.7 Å². The minimum absolute atomic E-state index is 0.0278. The number of hydrogen-bond acceptors (Lipinski definition) is 3. The maximum atomic E-state index is 12.9. The van der Waals surface area contributed by atoms with Gasteiger partial charge in [0.15, 0.2) is 0 Å². The van der Waals surface area contributed by atoms with Crippen molar-refractivity contribution >= 4 is 29.0 Å². The van der Waals surface area contributed by atoms with Crippen molar-refractivity contribution in [2.75, 3.05) is 10.0 Å². The highest BCUT2D eigenvalue weighted by Gasteiger charge is 2.46. The molecular weight excluding hydrogens is 304 g/mol. The summed E-state index contributed by atoms with van der Waals surface area (Å²) >= 11 is 0. The van der Waals surface area contributed by atoms with E-state index in [1.54, 1.807) is 24.3 Å². The number of ketones is 1. The molecule has 3 rings (SSSR count). The highest BCUT2D eigenvalue weighted by molar-refractivity contribution is 6.23. The summed E-state index contributed by atoms with van der Waals surface area (Å²) in [4.78, 5) is 37.0. The van der Waals surface area contributed by atoms with Crippen LogP contribution in [-0.4, -0.2) is 17.6 Å². The van der Waals surface area contributed by atoms with E-state index in [-0.39, 0.29) is 30.4 Å². The zero-order chi connectivity index (χ0) is 17.1. The summed E-state index contributed by atoms with van der Waals surface area (Å²) in [5, 5.41) is 2.81. The average molecular weight is 322 g/mol. The Bertz CT molecular complexity index is 701. The van der Waals surface area contributed by atoms with Crippen LogP contribution < -0.4 is 10.0 Å². The lowest BCUT2D eigenvalue weighted by atomic mass is 10.0. The maximum Gasteiger partial charge on any atom is 0.258 e. The summed E-state index contributed by atoms with van der Waals surface area (Å²) in [7, 11) is 0. The number of para-hydroxylation sites is 2. The van der Waals surface area contributed by atoms with E-state index in [0.717, 1.165) is 0 Å². The van der Waals surface area contributed by atoms with E-state index in [2.05, 4.69) is 0 Å². The molecule has 5 heteroatoms. The van der Waals surface area contributed by atoms with Gasteiger partial charge >= 0.3 is 0 Å². The number of nitrogens with zero attached hydrogens (tertiary/aromatic N) is 2. The molecule has 2 aromatic carbocycles. The predicted octanol–water partition coefficient (Wildman–Crippen LogP) is 2.97. The lowest BCUT2D eigenvalue weighted by Gasteiger charge is -2.27. The van der Waals surface area contributed by atoms with Gasteiger partial charge in [-0.3, -0.25) is 9.59 Å². The number of rotatable bonds is 5. The fourth-order valence-corrected chi connectivity index (χ4v) is 2.82. The standard InChI is InChI=1S/C19H18N2O3/c1-14(22)12-13-17-18(23)20(15-8-4-2-5-9-15)21(19(17)24)16-10-6-3-7-11-16/h2-11,17H,12-13H2,1H3. The minimum Gasteiger partial charge on any atom is -0.300 e. The molecule has 0 radical (unpaired) electrons. The summed E-state index contributed by atoms with van der Waals surface area (Å²) in [6.45, 7) is 1.47. The zero-order valence-corrected chi connectivity index (χ0v) is 13.4. The number of hydrazine groups is 1. The molecule has 122 valence electrons. The monoisotopic (exact) mass is 322 g/mol. The Labute approximate surface area is 140 Å². The van der Waals surface area contributed by atoms with Gasteiger partial charge in [-0.15, -0.1) is 0 Å². The van der Waals surface area contributed by atoms with Gasteiger partial charge in [0.1, 0.15) is 11.7 Å². The molecule has 0 aromatic heterocycles. The summed E-state index contributed by atoms with van der Waals surface area (Å²) in [6.07, 6.45) is 0.451. The molecular formula is C19H18N2O3. The number of carbonyl (C=O) groups is 3. The van der Waals surface area contributed by atoms with Gasteiger partial charge in [0, 0.05) is 6.42 Å². The van der Waals surface area contributed by atoms with Crippen LogP contribution in [0.2, 0.25) is 0 Å². The smallest absolute Gasteiger partial charge is 0.258 e. The Balaban J connectivity index is 2.01. The molecule has 1 heterocycles. The summed E-state index contributed by atoms with van der Waals surface area (Å²) in [6, 6.07) is 18.1. The number of anilines is 2. The third-order valence-corrected chi connectivity index (χ3v) is 4.00. The molecule has 1 aliphatic heterocycles. The quantitative estimate of drug-likeness (QED) is 0.795. The van der Waals surface area contributed by atoms with E-state index in [0.29, 0.717) is 11.4 Å². The second kappa shape index (κ2) is 6.66. The minimum atomic E-state index is -0.825. The van der Waals surface area contributed by atoms with E-state index in [1.807, 2.05) is 36.4 Å². The molecule has 0 saturated carbocycles. The second-order valence-corrected chi connectivity index (χ2v) is 5.76. The number of carbonyl (C=O) groups excluding carboxylic acids is 3. The predicted molar refractivity (Wildman–Crippen MR) is 91.3 cm³/mol. The van der Waals surface area contributed by atoms with Crippen molar-refractivity contribution in [2.24, 2.45) is 5.92 Å². The number of Topliss-reactive ketones (excluding diaryl/α,β-unsaturated/α-hetero) is 1. The van der Waals surface area contributed by atoms with Crippen molar-refractivity contribution in [3.8, 4) is 0 Å². The SMILES string of the molecule is CC(=O)CCC1C(=O)N(c2ccccc2)N(c2ccccc2)C1=O. The fourth-order valence-electron chi connectivity index (χ4n) is 2.82. The molecule has 0 atom stereocenters. The zero-order valence-electron chi connectivity index (χ0n) is 13.4. The van der Waals surface area contributed by atoms with Crippen LogP contribution in [0, 0.1) is 5.92 Å². The van der Waals surface area contributed by atoms with E-state index < -0.39 is 5.92 Å². The van der Waals surface area contributed by atoms with Crippen molar-refractivity contribution in [2.45, 2.75) is 19.8 Å². The molecule has 24 heavy (non-hydrogen) atoms. The highest BCUT2D eigenvalue weighted by atomic mass is 16.2. The summed E-state index contributed by atoms with van der Waals surface area (Å²) in [5.41, 5.74) is 1.26. The number of benzene rings is 2. The molecule has 0 bridgehead atoms. The van der Waals surface area contributed by atoms with Crippen molar-refractivity contribution in [3.63, 3.8) is 0 Å². The third-order valence-electron chi connectivity index (χ3n) is 4.00. The second-order valence-electron chi connectivity index (χ2n) is 5.76. The molecule has 2 aromatic rings. The van der Waals surface area contributed by atoms with Crippen LogP contribution in [0.4, 0.5) is 11.4 Å². The summed E-state index contributed by atoms with van der Waals surface area (Å²) in [5.74, 6) is -1.44. The van der Waals surface area contributed by atoms with Gasteiger partial charge in [0.05, 0.1) is 11.4 Å². The fraction of sp³-hybridized carbons (Fsp3) is 0.211. The molecule has 1 saturated heterocycles. The average Bonchev–Trinajstić information content (AvgIpc) is 2.85. The van der Waals surface area contributed by atoms with Crippen molar-refractivity contribution in [1.82, 2.24) is 0 Å². The van der Waals surface area contributed by atoms with Gasteiger partial charge in [0.25, 0.3) is 11.8 Å². The normalized spacial score (nSPS) is 15.2. The molecule has 0 unspecified atom stereocenters. The lowest BCUT2D eigenvalue weighted by molar-refractivity contribution is -0.127. The van der Waals surface area contributed by atoms with Crippen molar-refractivity contribution in [1.29, 1.82) is 0 Å². The first-order valence-corrected chi connectivity index (χ1v) is 7.87. The molecule has 1 aliphatic rings. The molecule has 1 fully saturated rings. The van der Waals surface area contributed by atoms with Gasteiger partial charge in [-0.2, -0.15) is 0 Å². The van der Waals surface area contributed by atoms with E-state index in [1.165, 1.54) is 16.9 Å². The van der Waals surface area contributed by atoms with Gasteiger partial charge in [-0.1, -0.05) is 36.4 Å². The number of hydrogen-bond donors (Lipinski definition) is 0. The van der Waals surface area contributed by atoms with Crippen LogP contribution in [0.15, 0.2) is 60.7 Å². The van der Waals surface area contributed by atoms with Crippen molar-refractivity contribution in [3.05, 3.63) is 60.7 Å². The van der Waals surface area contributed by atoms with E-state index >= 15 is 0 Å². The molecule has 0 aliphatic carbocycles. The van der Waals surface area contributed by atoms with Gasteiger partial charge in [-0.05, 0) is 37.6 Å². The lowest BCUT2D eigenvalue weighted by Crippen LogP contribution is -2.41. The highest BCUT2D eigenvalue weighted by Crippen LogP contribution is 2.33. The van der Waals surface area contributed by atoms with Gasteiger partial charge in [-0.25, -0.2) is 10.0 Å². The van der Waals surface area contributed by atoms with Crippen LogP contribution in [0.25, 0.3) is 0 Å². The van der Waals surface area contributed by atoms with Gasteiger partial charge in [0.2, 0.25) is 0 Å². The molecule has 2 amide bonds. The maximum absolute atomic E-state index is 12.9. The van der Waals surface area contributed by atoms with Crippen LogP contribution in [-0.2, 0) is 14.4 Å². The first-order valence-electron chi connectivity index (χ1n) is 7.87. The Kier molecular flexibility index (Phi) is 4.42. The Morgan fingerprint density at radius 2 is 1.25 bits per heavy atom. The van der Waals surface area contributed by atoms with Crippen LogP contribution >= 0.6 is 0 Å². The van der Waals surface area contributed by atoms with E-state index in [4.69, 9.17) is 0 Å². The molecule has 0 N–H and O–H groups in total. The molecule has 5 nitrogen and oxygen atoms in total. The van der Waals surface area contributed by atoms with Crippen LogP contribution in [0.5, 0.6) is 0 Å². The first-order chi connectivity index (χ1) is 11.6. The van der Waals surface area contributed by atoms with E-state index in [9.17, 15) is 14.4 Å². The Morgan fingerprint density at radius 1 is 0.833 bits per heavy atom. The molecule has 0 spiro atoms. The summed E-state index contributed by atoms with van der Waals surface area (Å²) < 4.78 is 0. The third kappa shape index (κ3) is 2.93.